The predicted molar refractivity (Wildman–Crippen MR) is 84.0 cm³/mol. The molecule has 0 N–H and O–H groups in total. The van der Waals surface area contributed by atoms with Gasteiger partial charge < -0.3 is 9.47 Å². The summed E-state index contributed by atoms with van der Waals surface area (Å²) in [6.45, 7) is 5.11. The maximum Gasteiger partial charge on any atom is 0.392 e. The van der Waals surface area contributed by atoms with Crippen LogP contribution in [0.4, 0.5) is 13.2 Å². The standard InChI is InChI=1S/C18H23F3O3/c1-17(2,3)24-16(22)10-12-8-13-4-5-15(11-14(13)9-12)23-7-6-18(19,20)21/h4-5,11-12H,6-10H2,1-3H3/t12-/m0/s1. The smallest absolute Gasteiger partial charge is 0.392 e. The van der Waals surface area contributed by atoms with E-state index in [4.69, 9.17) is 9.47 Å². The molecule has 0 amide bonds. The monoisotopic (exact) mass is 344 g/mol. The Labute approximate surface area is 140 Å². The summed E-state index contributed by atoms with van der Waals surface area (Å²) in [5.74, 6) is 0.387. The molecule has 134 valence electrons. The minimum atomic E-state index is -4.21. The van der Waals surface area contributed by atoms with Gasteiger partial charge in [0.2, 0.25) is 0 Å². The van der Waals surface area contributed by atoms with E-state index in [9.17, 15) is 18.0 Å². The van der Waals surface area contributed by atoms with Crippen molar-refractivity contribution in [2.75, 3.05) is 6.61 Å². The van der Waals surface area contributed by atoms with E-state index in [1.807, 2.05) is 26.8 Å². The van der Waals surface area contributed by atoms with Crippen molar-refractivity contribution < 1.29 is 27.4 Å². The van der Waals surface area contributed by atoms with E-state index in [1.54, 1.807) is 12.1 Å². The van der Waals surface area contributed by atoms with Gasteiger partial charge in [0.05, 0.1) is 13.0 Å². The Bertz CT molecular complexity index is 588. The maximum atomic E-state index is 12.1. The van der Waals surface area contributed by atoms with Crippen LogP contribution in [-0.4, -0.2) is 24.4 Å². The van der Waals surface area contributed by atoms with Crippen LogP contribution in [0.2, 0.25) is 0 Å². The van der Waals surface area contributed by atoms with Crippen LogP contribution in [-0.2, 0) is 22.4 Å². The fourth-order valence-corrected chi connectivity index (χ4v) is 2.82. The fraction of sp³-hybridized carbons (Fsp3) is 0.611. The van der Waals surface area contributed by atoms with E-state index in [1.165, 1.54) is 0 Å². The molecular formula is C18H23F3O3. The molecule has 2 rings (SSSR count). The zero-order valence-electron chi connectivity index (χ0n) is 14.2. The summed E-state index contributed by atoms with van der Waals surface area (Å²) >= 11 is 0. The number of carbonyl (C=O) groups is 1. The lowest BCUT2D eigenvalue weighted by atomic mass is 10.0. The van der Waals surface area contributed by atoms with Crippen LogP contribution in [0.5, 0.6) is 5.75 Å². The Kier molecular flexibility index (Phi) is 5.45. The normalized spacial score (nSPS) is 17.5. The molecule has 3 nitrogen and oxygen atoms in total. The van der Waals surface area contributed by atoms with Gasteiger partial charge >= 0.3 is 12.1 Å². The lowest BCUT2D eigenvalue weighted by Gasteiger charge is -2.20. The molecule has 1 aromatic carbocycles. The minimum Gasteiger partial charge on any atom is -0.493 e. The fourth-order valence-electron chi connectivity index (χ4n) is 2.82. The van der Waals surface area contributed by atoms with E-state index in [2.05, 4.69) is 0 Å². The van der Waals surface area contributed by atoms with Gasteiger partial charge in [0.1, 0.15) is 11.4 Å². The van der Waals surface area contributed by atoms with Crippen LogP contribution in [0.25, 0.3) is 0 Å². The molecule has 1 aliphatic rings. The lowest BCUT2D eigenvalue weighted by molar-refractivity contribution is -0.155. The highest BCUT2D eigenvalue weighted by atomic mass is 19.4. The van der Waals surface area contributed by atoms with E-state index in [0.717, 1.165) is 17.5 Å². The number of hydrogen-bond acceptors (Lipinski definition) is 3. The van der Waals surface area contributed by atoms with Crippen molar-refractivity contribution in [2.45, 2.75) is 58.2 Å². The molecule has 0 aliphatic heterocycles. The second kappa shape index (κ2) is 7.03. The number of fused-ring (bicyclic) bond motifs is 1. The van der Waals surface area contributed by atoms with Crippen molar-refractivity contribution in [3.05, 3.63) is 29.3 Å². The van der Waals surface area contributed by atoms with Gasteiger partial charge in [-0.15, -0.1) is 0 Å². The number of esters is 1. The van der Waals surface area contributed by atoms with E-state index < -0.39 is 18.2 Å². The highest BCUT2D eigenvalue weighted by molar-refractivity contribution is 5.70. The van der Waals surface area contributed by atoms with Gasteiger partial charge in [-0.25, -0.2) is 0 Å². The Morgan fingerprint density at radius 3 is 2.46 bits per heavy atom. The van der Waals surface area contributed by atoms with Crippen LogP contribution in [0.15, 0.2) is 18.2 Å². The summed E-state index contributed by atoms with van der Waals surface area (Å²) < 4.78 is 46.9. The number of benzene rings is 1. The van der Waals surface area contributed by atoms with Crippen molar-refractivity contribution in [2.24, 2.45) is 5.92 Å². The molecule has 6 heteroatoms. The second-order valence-corrected chi connectivity index (χ2v) is 7.21. The summed E-state index contributed by atoms with van der Waals surface area (Å²) in [5.41, 5.74) is 1.65. The van der Waals surface area contributed by atoms with E-state index in [0.29, 0.717) is 18.6 Å². The molecule has 0 fully saturated rings. The molecule has 0 spiro atoms. The highest BCUT2D eigenvalue weighted by Crippen LogP contribution is 2.32. The first kappa shape index (κ1) is 18.6. The molecule has 0 saturated heterocycles. The molecule has 0 radical (unpaired) electrons. The molecule has 24 heavy (non-hydrogen) atoms. The van der Waals surface area contributed by atoms with Crippen LogP contribution < -0.4 is 4.74 Å². The van der Waals surface area contributed by atoms with Crippen LogP contribution in [0.3, 0.4) is 0 Å². The van der Waals surface area contributed by atoms with Gasteiger partial charge in [0.15, 0.2) is 0 Å². The van der Waals surface area contributed by atoms with Crippen LogP contribution >= 0.6 is 0 Å². The van der Waals surface area contributed by atoms with Crippen LogP contribution in [0, 0.1) is 5.92 Å². The minimum absolute atomic E-state index is 0.167. The molecule has 0 aromatic heterocycles. The maximum absolute atomic E-state index is 12.1. The Balaban J connectivity index is 1.87. The average molecular weight is 344 g/mol. The van der Waals surface area contributed by atoms with E-state index >= 15 is 0 Å². The highest BCUT2D eigenvalue weighted by Gasteiger charge is 2.28. The van der Waals surface area contributed by atoms with Crippen LogP contribution in [0.1, 0.15) is 44.7 Å². The summed E-state index contributed by atoms with van der Waals surface area (Å²) in [4.78, 5) is 11.9. The summed E-state index contributed by atoms with van der Waals surface area (Å²) in [6.07, 6.45) is -3.35. The molecule has 0 bridgehead atoms. The number of ether oxygens (including phenoxy) is 2. The zero-order valence-corrected chi connectivity index (χ0v) is 14.2. The third-order valence-corrected chi connectivity index (χ3v) is 3.72. The first-order valence-electron chi connectivity index (χ1n) is 8.05. The predicted octanol–water partition coefficient (Wildman–Crippen LogP) is 4.46. The van der Waals surface area contributed by atoms with Gasteiger partial charge in [-0.2, -0.15) is 13.2 Å². The number of alkyl halides is 3. The van der Waals surface area contributed by atoms with Crippen molar-refractivity contribution in [1.82, 2.24) is 0 Å². The van der Waals surface area contributed by atoms with Crippen molar-refractivity contribution in [3.63, 3.8) is 0 Å². The molecule has 0 saturated carbocycles. The number of carbonyl (C=O) groups excluding carboxylic acids is 1. The SMILES string of the molecule is CC(C)(C)OC(=O)C[C@H]1Cc2ccc(OCCC(F)(F)F)cc2C1. The van der Waals surface area contributed by atoms with Crippen molar-refractivity contribution in [1.29, 1.82) is 0 Å². The summed E-state index contributed by atoms with van der Waals surface area (Å²) in [6, 6.07) is 5.33. The molecule has 1 aliphatic carbocycles. The third-order valence-electron chi connectivity index (χ3n) is 3.72. The molecule has 1 aromatic rings. The largest absolute Gasteiger partial charge is 0.493 e. The second-order valence-electron chi connectivity index (χ2n) is 7.21. The van der Waals surface area contributed by atoms with E-state index in [-0.39, 0.29) is 18.5 Å². The van der Waals surface area contributed by atoms with Gasteiger partial charge in [-0.1, -0.05) is 6.07 Å². The first-order chi connectivity index (χ1) is 11.0. The molecule has 0 unspecified atom stereocenters. The quantitative estimate of drug-likeness (QED) is 0.740. The summed E-state index contributed by atoms with van der Waals surface area (Å²) in [5, 5.41) is 0. The van der Waals surface area contributed by atoms with Gasteiger partial charge in [0.25, 0.3) is 0 Å². The van der Waals surface area contributed by atoms with Gasteiger partial charge in [-0.05, 0) is 62.8 Å². The topological polar surface area (TPSA) is 35.5 Å². The van der Waals surface area contributed by atoms with Crippen molar-refractivity contribution >= 4 is 5.97 Å². The Morgan fingerprint density at radius 1 is 1.17 bits per heavy atom. The molecule has 0 heterocycles. The number of halogens is 3. The zero-order chi connectivity index (χ0) is 18.0. The number of rotatable bonds is 5. The Hall–Kier alpha value is -1.72. The Morgan fingerprint density at radius 2 is 1.83 bits per heavy atom. The third kappa shape index (κ3) is 6.06. The first-order valence-corrected chi connectivity index (χ1v) is 8.05. The molecular weight excluding hydrogens is 321 g/mol. The molecule has 1 atom stereocenters. The average Bonchev–Trinajstić information content (AvgIpc) is 2.75. The van der Waals surface area contributed by atoms with Crippen molar-refractivity contribution in [3.8, 4) is 5.75 Å². The lowest BCUT2D eigenvalue weighted by Crippen LogP contribution is -2.25. The summed E-state index contributed by atoms with van der Waals surface area (Å²) in [7, 11) is 0. The van der Waals surface area contributed by atoms with Gasteiger partial charge in [0, 0.05) is 6.42 Å². The number of hydrogen-bond donors (Lipinski definition) is 0. The van der Waals surface area contributed by atoms with Gasteiger partial charge in [-0.3, -0.25) is 4.79 Å².